The van der Waals surface area contributed by atoms with E-state index >= 15 is 0 Å². The molecule has 0 bridgehead atoms. The van der Waals surface area contributed by atoms with Crippen LogP contribution >= 0.6 is 0 Å². The lowest BCUT2D eigenvalue weighted by Gasteiger charge is -2.28. The molecule has 5 rings (SSSR count). The van der Waals surface area contributed by atoms with Gasteiger partial charge in [-0.15, -0.1) is 0 Å². The molecule has 1 N–H and O–H groups in total. The molecule has 49 heavy (non-hydrogen) atoms. The van der Waals surface area contributed by atoms with Crippen molar-refractivity contribution < 1.29 is 9.90 Å². The Balaban J connectivity index is 1.57. The van der Waals surface area contributed by atoms with Crippen LogP contribution in [0.4, 0.5) is 11.4 Å². The average molecular weight is 662 g/mol. The average Bonchev–Trinajstić information content (AvgIpc) is 3.41. The number of rotatable bonds is 12. The lowest BCUT2D eigenvalue weighted by Crippen LogP contribution is -2.27. The number of unbranched alkanes of at least 4 members (excludes halogenated alkanes) is 2. The molecule has 5 heteroatoms. The molecule has 2 aliphatic heterocycles. The van der Waals surface area contributed by atoms with E-state index in [9.17, 15) is 9.90 Å². The molecule has 2 heterocycles. The first-order chi connectivity index (χ1) is 23.4. The molecule has 0 amide bonds. The molecule has 0 saturated heterocycles. The fourth-order valence-corrected chi connectivity index (χ4v) is 7.91. The zero-order valence-electron chi connectivity index (χ0n) is 31.5. The van der Waals surface area contributed by atoms with E-state index in [1.807, 2.05) is 0 Å². The Morgan fingerprint density at radius 2 is 1.33 bits per heavy atom. The van der Waals surface area contributed by atoms with Crippen LogP contribution in [0.3, 0.4) is 0 Å². The van der Waals surface area contributed by atoms with Crippen molar-refractivity contribution in [3.8, 4) is 0 Å². The molecule has 0 aromatic heterocycles. The molecule has 1 fully saturated rings. The Kier molecular flexibility index (Phi) is 11.4. The van der Waals surface area contributed by atoms with Crippen molar-refractivity contribution in [2.45, 2.75) is 124 Å². The summed E-state index contributed by atoms with van der Waals surface area (Å²) in [5, 5.41) is 9.48. The molecule has 1 saturated carbocycles. The molecule has 0 unspecified atom stereocenters. The molecule has 0 radical (unpaired) electrons. The number of aryl methyl sites for hydroxylation is 2. The normalized spacial score (nSPS) is 22.2. The van der Waals surface area contributed by atoms with Crippen molar-refractivity contribution in [3.63, 3.8) is 0 Å². The number of hydrogen-bond donors (Lipinski definition) is 1. The zero-order chi connectivity index (χ0) is 35.3. The number of carbonyl (C=O) groups is 1. The van der Waals surface area contributed by atoms with E-state index in [4.69, 9.17) is 4.99 Å². The topological polar surface area (TPSA) is 56.1 Å². The van der Waals surface area contributed by atoms with Gasteiger partial charge in [0, 0.05) is 46.7 Å². The number of allylic oxidation sites excluding steroid dienone is 8. The van der Waals surface area contributed by atoms with E-state index < -0.39 is 5.97 Å². The fraction of sp³-hybridized carbons (Fsp3) is 0.500. The predicted octanol–water partition coefficient (Wildman–Crippen LogP) is 10.8. The summed E-state index contributed by atoms with van der Waals surface area (Å²) in [6.45, 7) is 20.6. The summed E-state index contributed by atoms with van der Waals surface area (Å²) in [5.41, 5.74) is 13.9. The monoisotopic (exact) mass is 661 g/mol. The number of fused-ring (bicyclic) bond motifs is 2. The van der Waals surface area contributed by atoms with Gasteiger partial charge in [0.05, 0.1) is 18.7 Å². The van der Waals surface area contributed by atoms with Crippen LogP contribution in [-0.2, 0) is 22.0 Å². The van der Waals surface area contributed by atoms with Crippen molar-refractivity contribution in [1.82, 2.24) is 0 Å². The zero-order valence-corrected chi connectivity index (χ0v) is 31.5. The largest absolute Gasteiger partial charge is 0.481 e. The highest BCUT2D eigenvalue weighted by Gasteiger charge is 2.41. The van der Waals surface area contributed by atoms with Gasteiger partial charge in [0.2, 0.25) is 0 Å². The Labute approximate surface area is 296 Å². The van der Waals surface area contributed by atoms with Gasteiger partial charge in [-0.25, -0.2) is 0 Å². The molecule has 0 atom stereocenters. The van der Waals surface area contributed by atoms with Crippen LogP contribution in [0.1, 0.15) is 122 Å². The predicted molar refractivity (Wildman–Crippen MR) is 208 cm³/mol. The van der Waals surface area contributed by atoms with Crippen LogP contribution in [-0.4, -0.2) is 36.4 Å². The van der Waals surface area contributed by atoms with Gasteiger partial charge in [-0.3, -0.25) is 9.79 Å². The van der Waals surface area contributed by atoms with E-state index in [0.717, 1.165) is 70.2 Å². The summed E-state index contributed by atoms with van der Waals surface area (Å²) in [5.74, 6) is -0.809. The Morgan fingerprint density at radius 3 is 1.84 bits per heavy atom. The molecule has 262 valence electrons. The number of hydrogen-bond acceptors (Lipinski definition) is 4. The maximum atomic E-state index is 11.5. The molecule has 3 aliphatic rings. The fourth-order valence-electron chi connectivity index (χ4n) is 7.91. The van der Waals surface area contributed by atoms with E-state index in [1.165, 1.54) is 56.2 Å². The first-order valence-corrected chi connectivity index (χ1v) is 18.8. The second-order valence-electron chi connectivity index (χ2n) is 15.2. The lowest BCUT2D eigenvalue weighted by molar-refractivity contribution is -0.136. The van der Waals surface area contributed by atoms with Gasteiger partial charge in [-0.2, -0.15) is 0 Å². The van der Waals surface area contributed by atoms with Gasteiger partial charge in [0.15, 0.2) is 0 Å². The summed E-state index contributed by atoms with van der Waals surface area (Å²) in [4.78, 5) is 21.6. The van der Waals surface area contributed by atoms with Crippen molar-refractivity contribution in [3.05, 3.63) is 105 Å². The second kappa shape index (κ2) is 15.4. The van der Waals surface area contributed by atoms with Crippen molar-refractivity contribution in [2.24, 2.45) is 4.99 Å². The number of aliphatic imine (C=N–C) groups is 1. The van der Waals surface area contributed by atoms with Crippen LogP contribution in [0, 0.1) is 6.92 Å². The third-order valence-corrected chi connectivity index (χ3v) is 10.9. The standard InChI is InChI=1S/C44H59N3O2/c1-9-12-27-46-37-21-17-31(4)29-35(37)43(5,6)39(46)23-19-33-15-14-16-34(42(33)45-26-25-41(48)49)20-24-40-44(7,8)36-30-32(11-3)18-22-38(36)47(40)28-13-10-2/h17-24,29-30H,9-16,25-28H2,1-8H3,(H,48,49)/b33-19+,34-20?,39-23-,40-24?,45-42?. The number of nitrogens with zero attached hydrogens (tertiary/aromatic N) is 3. The third-order valence-electron chi connectivity index (χ3n) is 10.9. The number of carboxylic acid groups (broad SMARTS) is 1. The number of benzene rings is 2. The minimum absolute atomic E-state index is 0.0334. The van der Waals surface area contributed by atoms with Gasteiger partial charge < -0.3 is 14.9 Å². The minimum Gasteiger partial charge on any atom is -0.481 e. The summed E-state index contributed by atoms with van der Waals surface area (Å²) in [7, 11) is 0. The Hall–Kier alpha value is -3.86. The van der Waals surface area contributed by atoms with Gasteiger partial charge in [-0.05, 0) is 97.6 Å². The van der Waals surface area contributed by atoms with Gasteiger partial charge in [-0.1, -0.05) is 103 Å². The van der Waals surface area contributed by atoms with Gasteiger partial charge in [0.25, 0.3) is 0 Å². The lowest BCUT2D eigenvalue weighted by atomic mass is 9.81. The van der Waals surface area contributed by atoms with Gasteiger partial charge >= 0.3 is 5.97 Å². The molecule has 2 aromatic rings. The second-order valence-corrected chi connectivity index (χ2v) is 15.2. The SMILES string of the molecule is CCCCN1C(=CC=C2CCC/C(=C\C=C3/N(CCCC)c4ccc(C)cc4C3(C)C)C2=NCCC(=O)O)C(C)(C)c2cc(CC)ccc21. The minimum atomic E-state index is -0.809. The summed E-state index contributed by atoms with van der Waals surface area (Å²) < 4.78 is 0. The molecule has 1 aliphatic carbocycles. The van der Waals surface area contributed by atoms with E-state index in [2.05, 4.69) is 126 Å². The molecule has 5 nitrogen and oxygen atoms in total. The number of aliphatic carboxylic acids is 1. The highest BCUT2D eigenvalue weighted by Crippen LogP contribution is 2.49. The van der Waals surface area contributed by atoms with Crippen LogP contribution in [0.25, 0.3) is 0 Å². The van der Waals surface area contributed by atoms with Gasteiger partial charge in [0.1, 0.15) is 0 Å². The number of anilines is 2. The maximum absolute atomic E-state index is 11.5. The summed E-state index contributed by atoms with van der Waals surface area (Å²) in [6.07, 6.45) is 17.8. The van der Waals surface area contributed by atoms with E-state index in [1.54, 1.807) is 0 Å². The molecule has 2 aromatic carbocycles. The summed E-state index contributed by atoms with van der Waals surface area (Å²) in [6, 6.07) is 13.9. The maximum Gasteiger partial charge on any atom is 0.305 e. The van der Waals surface area contributed by atoms with Crippen LogP contribution in [0.15, 0.2) is 88.2 Å². The first-order valence-electron chi connectivity index (χ1n) is 18.8. The third kappa shape index (κ3) is 7.51. The molecular weight excluding hydrogens is 603 g/mol. The summed E-state index contributed by atoms with van der Waals surface area (Å²) >= 11 is 0. The van der Waals surface area contributed by atoms with Crippen molar-refractivity contribution in [2.75, 3.05) is 29.4 Å². The van der Waals surface area contributed by atoms with Crippen molar-refractivity contribution >= 4 is 23.1 Å². The Bertz CT molecular complexity index is 1700. The van der Waals surface area contributed by atoms with E-state index in [-0.39, 0.29) is 23.8 Å². The molecular formula is C44H59N3O2. The van der Waals surface area contributed by atoms with Crippen LogP contribution in [0.2, 0.25) is 0 Å². The van der Waals surface area contributed by atoms with Crippen LogP contribution < -0.4 is 9.80 Å². The van der Waals surface area contributed by atoms with Crippen molar-refractivity contribution in [1.29, 1.82) is 0 Å². The van der Waals surface area contributed by atoms with Crippen LogP contribution in [0.5, 0.6) is 0 Å². The smallest absolute Gasteiger partial charge is 0.305 e. The Morgan fingerprint density at radius 1 is 0.796 bits per heavy atom. The number of carboxylic acids is 1. The highest BCUT2D eigenvalue weighted by molar-refractivity contribution is 6.13. The quantitative estimate of drug-likeness (QED) is 0.246. The highest BCUT2D eigenvalue weighted by atomic mass is 16.4. The molecule has 0 spiro atoms. The van der Waals surface area contributed by atoms with E-state index in [0.29, 0.717) is 0 Å². The first kappa shape index (κ1) is 36.4.